The van der Waals surface area contributed by atoms with E-state index in [0.29, 0.717) is 17.8 Å². The first-order valence-corrected chi connectivity index (χ1v) is 9.47. The lowest BCUT2D eigenvalue weighted by Crippen LogP contribution is -2.29. The number of carbonyl (C=O) groups excluding carboxylic acids is 2. The highest BCUT2D eigenvalue weighted by atomic mass is 35.5. The van der Waals surface area contributed by atoms with Crippen LogP contribution in [-0.2, 0) is 11.2 Å². The maximum atomic E-state index is 12.4. The first kappa shape index (κ1) is 23.3. The Kier molecular flexibility index (Phi) is 8.35. The van der Waals surface area contributed by atoms with E-state index < -0.39 is 18.7 Å². The van der Waals surface area contributed by atoms with Crippen LogP contribution in [0, 0.1) is 0 Å². The number of hydrogen-bond donors (Lipinski definition) is 3. The lowest BCUT2D eigenvalue weighted by atomic mass is 10.1. The van der Waals surface area contributed by atoms with Gasteiger partial charge in [-0.2, -0.15) is 13.2 Å². The van der Waals surface area contributed by atoms with Gasteiger partial charge in [-0.3, -0.25) is 4.79 Å². The second-order valence-corrected chi connectivity index (χ2v) is 6.78. The molecule has 0 aromatic heterocycles. The Morgan fingerprint density at radius 3 is 2.40 bits per heavy atom. The highest BCUT2D eigenvalue weighted by Crippen LogP contribution is 2.30. The Hall–Kier alpha value is -2.94. The number of rotatable bonds is 8. The molecule has 3 N–H and O–H groups in total. The fraction of sp³-hybridized carbons (Fsp3) is 0.300. The Balaban J connectivity index is 1.97. The van der Waals surface area contributed by atoms with Gasteiger partial charge in [-0.1, -0.05) is 30.7 Å². The van der Waals surface area contributed by atoms with Crippen LogP contribution in [-0.4, -0.2) is 31.3 Å². The zero-order valence-electron chi connectivity index (χ0n) is 16.1. The number of hydrogen-bond acceptors (Lipinski definition) is 3. The summed E-state index contributed by atoms with van der Waals surface area (Å²) < 4.78 is 42.0. The van der Waals surface area contributed by atoms with Gasteiger partial charge in [-0.25, -0.2) is 4.79 Å². The van der Waals surface area contributed by atoms with Crippen molar-refractivity contribution in [2.45, 2.75) is 25.9 Å². The largest absolute Gasteiger partial charge is 0.482 e. The van der Waals surface area contributed by atoms with E-state index in [1.54, 1.807) is 24.3 Å². The van der Waals surface area contributed by atoms with Crippen molar-refractivity contribution in [3.05, 3.63) is 53.1 Å². The number of nitrogens with one attached hydrogen (secondary N) is 3. The van der Waals surface area contributed by atoms with Gasteiger partial charge < -0.3 is 20.7 Å². The molecule has 0 aliphatic heterocycles. The minimum absolute atomic E-state index is 0.0342. The first-order chi connectivity index (χ1) is 14.2. The second kappa shape index (κ2) is 10.7. The molecular formula is C20H21ClF3N3O3. The quantitative estimate of drug-likeness (QED) is 0.537. The fourth-order valence-electron chi connectivity index (χ4n) is 2.38. The summed E-state index contributed by atoms with van der Waals surface area (Å²) in [5, 5.41) is 8.09. The third-order valence-electron chi connectivity index (χ3n) is 3.72. The van der Waals surface area contributed by atoms with Crippen molar-refractivity contribution in [2.24, 2.45) is 0 Å². The fourth-order valence-corrected chi connectivity index (χ4v) is 2.56. The van der Waals surface area contributed by atoms with Crippen molar-refractivity contribution in [3.8, 4) is 5.75 Å². The van der Waals surface area contributed by atoms with Crippen LogP contribution in [0.25, 0.3) is 0 Å². The highest BCUT2D eigenvalue weighted by Gasteiger charge is 2.29. The normalized spacial score (nSPS) is 11.0. The lowest BCUT2D eigenvalue weighted by molar-refractivity contribution is -0.153. The molecule has 2 aromatic carbocycles. The van der Waals surface area contributed by atoms with Gasteiger partial charge in [0.15, 0.2) is 6.61 Å². The van der Waals surface area contributed by atoms with Crippen LogP contribution in [0.4, 0.5) is 29.3 Å². The zero-order chi connectivity index (χ0) is 22.1. The van der Waals surface area contributed by atoms with Gasteiger partial charge in [0.05, 0.1) is 12.1 Å². The van der Waals surface area contributed by atoms with E-state index in [9.17, 15) is 22.8 Å². The predicted octanol–water partition coefficient (Wildman–Crippen LogP) is 4.99. The molecule has 0 bridgehead atoms. The molecule has 6 nitrogen and oxygen atoms in total. The van der Waals surface area contributed by atoms with E-state index in [2.05, 4.69) is 16.0 Å². The zero-order valence-corrected chi connectivity index (χ0v) is 16.9. The lowest BCUT2D eigenvalue weighted by Gasteiger charge is -2.14. The molecule has 0 spiro atoms. The molecule has 2 rings (SSSR count). The Labute approximate surface area is 176 Å². The standard InChI is InChI=1S/C20H21ClF3N3O3/c1-2-9-25-19(29)26-15-6-3-13(4-7-15)10-18(28)27-16-11-14(21)5-8-17(16)30-12-20(22,23)24/h3-8,11H,2,9-10,12H2,1H3,(H,27,28)(H2,25,26,29). The number of urea groups is 1. The molecule has 30 heavy (non-hydrogen) atoms. The SMILES string of the molecule is CCCNC(=O)Nc1ccc(CC(=O)Nc2cc(Cl)ccc2OCC(F)(F)F)cc1. The van der Waals surface area contributed by atoms with E-state index in [0.717, 1.165) is 6.42 Å². The number of carbonyl (C=O) groups is 2. The smallest absolute Gasteiger partial charge is 0.422 e. The molecule has 0 fully saturated rings. The van der Waals surface area contributed by atoms with Crippen LogP contribution in [0.1, 0.15) is 18.9 Å². The van der Waals surface area contributed by atoms with Gasteiger partial charge in [0.1, 0.15) is 5.75 Å². The first-order valence-electron chi connectivity index (χ1n) is 9.09. The van der Waals surface area contributed by atoms with Crippen molar-refractivity contribution in [2.75, 3.05) is 23.8 Å². The van der Waals surface area contributed by atoms with Crippen molar-refractivity contribution >= 4 is 34.9 Å². The molecule has 0 aliphatic carbocycles. The van der Waals surface area contributed by atoms with Crippen molar-refractivity contribution in [3.63, 3.8) is 0 Å². The van der Waals surface area contributed by atoms with Gasteiger partial charge >= 0.3 is 12.2 Å². The van der Waals surface area contributed by atoms with Gasteiger partial charge in [0, 0.05) is 17.3 Å². The summed E-state index contributed by atoms with van der Waals surface area (Å²) >= 11 is 5.87. The van der Waals surface area contributed by atoms with Gasteiger partial charge in [0.2, 0.25) is 5.91 Å². The summed E-state index contributed by atoms with van der Waals surface area (Å²) in [6.45, 7) is 1.01. The van der Waals surface area contributed by atoms with E-state index in [-0.39, 0.29) is 28.9 Å². The summed E-state index contributed by atoms with van der Waals surface area (Å²) in [5.41, 5.74) is 1.25. The average molecular weight is 444 g/mol. The number of ether oxygens (including phenoxy) is 1. The maximum absolute atomic E-state index is 12.4. The molecule has 2 aromatic rings. The number of halogens is 4. The summed E-state index contributed by atoms with van der Waals surface area (Å²) in [6.07, 6.45) is -3.73. The summed E-state index contributed by atoms with van der Waals surface area (Å²) in [5.74, 6) is -0.599. The molecule has 3 amide bonds. The third kappa shape index (κ3) is 8.20. The van der Waals surface area contributed by atoms with Gasteiger partial charge in [-0.05, 0) is 42.3 Å². The van der Waals surface area contributed by atoms with E-state index in [1.165, 1.54) is 18.2 Å². The molecular weight excluding hydrogens is 423 g/mol. The monoisotopic (exact) mass is 443 g/mol. The van der Waals surface area contributed by atoms with Crippen LogP contribution in [0.2, 0.25) is 5.02 Å². The highest BCUT2D eigenvalue weighted by molar-refractivity contribution is 6.31. The van der Waals surface area contributed by atoms with E-state index in [1.807, 2.05) is 6.92 Å². The second-order valence-electron chi connectivity index (χ2n) is 6.35. The van der Waals surface area contributed by atoms with Crippen LogP contribution in [0.5, 0.6) is 5.75 Å². The maximum Gasteiger partial charge on any atom is 0.422 e. The molecule has 0 atom stereocenters. The number of benzene rings is 2. The summed E-state index contributed by atoms with van der Waals surface area (Å²) in [6, 6.07) is 10.2. The molecule has 0 aliphatic rings. The molecule has 0 saturated heterocycles. The Morgan fingerprint density at radius 1 is 1.07 bits per heavy atom. The van der Waals surface area contributed by atoms with Gasteiger partial charge in [0.25, 0.3) is 0 Å². The average Bonchev–Trinajstić information content (AvgIpc) is 2.66. The molecule has 0 radical (unpaired) electrons. The van der Waals surface area contributed by atoms with Crippen molar-refractivity contribution in [1.82, 2.24) is 5.32 Å². The molecule has 162 valence electrons. The minimum atomic E-state index is -4.51. The molecule has 0 saturated carbocycles. The molecule has 0 heterocycles. The number of anilines is 2. The van der Waals surface area contributed by atoms with Crippen molar-refractivity contribution < 1.29 is 27.5 Å². The predicted molar refractivity (Wildman–Crippen MR) is 109 cm³/mol. The van der Waals surface area contributed by atoms with Crippen LogP contribution < -0.4 is 20.7 Å². The Morgan fingerprint density at radius 2 is 1.77 bits per heavy atom. The Bertz CT molecular complexity index is 874. The van der Waals surface area contributed by atoms with Crippen molar-refractivity contribution in [1.29, 1.82) is 0 Å². The molecule has 10 heteroatoms. The topological polar surface area (TPSA) is 79.5 Å². The number of alkyl halides is 3. The summed E-state index contributed by atoms with van der Waals surface area (Å²) in [4.78, 5) is 23.9. The van der Waals surface area contributed by atoms with E-state index in [4.69, 9.17) is 16.3 Å². The third-order valence-corrected chi connectivity index (χ3v) is 3.95. The number of amides is 3. The van der Waals surface area contributed by atoms with Crippen LogP contribution in [0.15, 0.2) is 42.5 Å². The van der Waals surface area contributed by atoms with Crippen LogP contribution >= 0.6 is 11.6 Å². The molecule has 0 unspecified atom stereocenters. The minimum Gasteiger partial charge on any atom is -0.482 e. The van der Waals surface area contributed by atoms with Crippen LogP contribution in [0.3, 0.4) is 0 Å². The van der Waals surface area contributed by atoms with E-state index >= 15 is 0 Å². The summed E-state index contributed by atoms with van der Waals surface area (Å²) in [7, 11) is 0. The van der Waals surface area contributed by atoms with Gasteiger partial charge in [-0.15, -0.1) is 0 Å².